The molecule has 0 fully saturated rings. The predicted molar refractivity (Wildman–Crippen MR) is 74.1 cm³/mol. The second-order valence-electron chi connectivity index (χ2n) is 4.10. The maximum absolute atomic E-state index is 9.09. The maximum atomic E-state index is 9.09. The second-order valence-corrected chi connectivity index (χ2v) is 5.02. The van der Waals surface area contributed by atoms with Crippen molar-refractivity contribution in [2.24, 2.45) is 0 Å². The van der Waals surface area contributed by atoms with Crippen molar-refractivity contribution in [1.29, 1.82) is 5.26 Å². The molecule has 0 aromatic heterocycles. The molecule has 0 atom stereocenters. The number of nitriles is 1. The zero-order valence-corrected chi connectivity index (χ0v) is 12.5. The number of halogens is 1. The van der Waals surface area contributed by atoms with Gasteiger partial charge in [-0.2, -0.15) is 5.26 Å². The molecule has 0 aliphatic heterocycles. The van der Waals surface area contributed by atoms with Crippen LogP contribution in [0, 0.1) is 11.3 Å². The van der Waals surface area contributed by atoms with E-state index in [0.717, 1.165) is 17.4 Å². The van der Waals surface area contributed by atoms with Crippen LogP contribution in [0.2, 0.25) is 0 Å². The summed E-state index contributed by atoms with van der Waals surface area (Å²) < 4.78 is 11.7. The zero-order valence-electron chi connectivity index (χ0n) is 10.9. The molecule has 0 aliphatic rings. The lowest BCUT2D eigenvalue weighted by Crippen LogP contribution is -2.15. The number of methoxy groups -OCH3 is 1. The number of hydrogen-bond acceptors (Lipinski definition) is 4. The average Bonchev–Trinajstić information content (AvgIpc) is 2.34. The molecule has 18 heavy (non-hydrogen) atoms. The molecule has 4 nitrogen and oxygen atoms in total. The summed E-state index contributed by atoms with van der Waals surface area (Å²) in [5.41, 5.74) is 0.478. The van der Waals surface area contributed by atoms with Gasteiger partial charge in [0, 0.05) is 11.0 Å². The van der Waals surface area contributed by atoms with Crippen LogP contribution in [-0.2, 0) is 0 Å². The first kappa shape index (κ1) is 14.8. The van der Waals surface area contributed by atoms with E-state index in [0.29, 0.717) is 23.7 Å². The van der Waals surface area contributed by atoms with Crippen molar-refractivity contribution in [1.82, 2.24) is 4.90 Å². The van der Waals surface area contributed by atoms with Crippen LogP contribution in [0.3, 0.4) is 0 Å². The molecule has 1 rings (SSSR count). The molecule has 5 heteroatoms. The van der Waals surface area contributed by atoms with Gasteiger partial charge in [0.15, 0.2) is 11.5 Å². The minimum atomic E-state index is 0.478. The van der Waals surface area contributed by atoms with E-state index in [1.807, 2.05) is 14.1 Å². The van der Waals surface area contributed by atoms with Gasteiger partial charge in [-0.15, -0.1) is 0 Å². The molecule has 0 heterocycles. The first-order valence-corrected chi connectivity index (χ1v) is 6.43. The van der Waals surface area contributed by atoms with Gasteiger partial charge in [-0.3, -0.25) is 0 Å². The fourth-order valence-electron chi connectivity index (χ4n) is 1.51. The Labute approximate surface area is 116 Å². The average molecular weight is 313 g/mol. The van der Waals surface area contributed by atoms with Crippen molar-refractivity contribution in [2.75, 3.05) is 34.4 Å². The number of rotatable bonds is 6. The lowest BCUT2D eigenvalue weighted by molar-refractivity contribution is 0.267. The van der Waals surface area contributed by atoms with E-state index in [1.165, 1.54) is 0 Å². The number of benzene rings is 1. The van der Waals surface area contributed by atoms with Crippen LogP contribution in [0.1, 0.15) is 12.0 Å². The molecule has 0 saturated heterocycles. The van der Waals surface area contributed by atoms with E-state index in [9.17, 15) is 0 Å². The molecule has 98 valence electrons. The number of nitrogens with zero attached hydrogens (tertiary/aromatic N) is 2. The molecule has 0 amide bonds. The Hall–Kier alpha value is -1.25. The van der Waals surface area contributed by atoms with Crippen molar-refractivity contribution in [2.45, 2.75) is 6.42 Å². The smallest absolute Gasteiger partial charge is 0.178 e. The third kappa shape index (κ3) is 4.21. The van der Waals surface area contributed by atoms with Crippen LogP contribution in [-0.4, -0.2) is 39.3 Å². The summed E-state index contributed by atoms with van der Waals surface area (Å²) in [7, 11) is 5.59. The summed E-state index contributed by atoms with van der Waals surface area (Å²) in [4.78, 5) is 2.09. The van der Waals surface area contributed by atoms with E-state index < -0.39 is 0 Å². The normalized spacial score (nSPS) is 10.2. The number of hydrogen-bond donors (Lipinski definition) is 0. The summed E-state index contributed by atoms with van der Waals surface area (Å²) in [6.45, 7) is 1.51. The van der Waals surface area contributed by atoms with Crippen LogP contribution >= 0.6 is 15.9 Å². The maximum Gasteiger partial charge on any atom is 0.178 e. The summed E-state index contributed by atoms with van der Waals surface area (Å²) in [6.07, 6.45) is 0.900. The largest absolute Gasteiger partial charge is 0.493 e. The zero-order chi connectivity index (χ0) is 13.5. The highest BCUT2D eigenvalue weighted by Gasteiger charge is 2.12. The molecule has 1 aromatic rings. The van der Waals surface area contributed by atoms with Gasteiger partial charge in [-0.25, -0.2) is 0 Å². The summed E-state index contributed by atoms with van der Waals surface area (Å²) in [5.74, 6) is 1.09. The molecule has 0 radical (unpaired) electrons. The van der Waals surface area contributed by atoms with Crippen LogP contribution in [0.25, 0.3) is 0 Å². The predicted octanol–water partition coefficient (Wildman–Crippen LogP) is 2.66. The Morgan fingerprint density at radius 2 is 2.11 bits per heavy atom. The fraction of sp³-hybridized carbons (Fsp3) is 0.462. The molecule has 0 bridgehead atoms. The molecule has 0 unspecified atom stereocenters. The van der Waals surface area contributed by atoms with Crippen LogP contribution < -0.4 is 9.47 Å². The molecule has 0 saturated carbocycles. The van der Waals surface area contributed by atoms with E-state index in [4.69, 9.17) is 14.7 Å². The lowest BCUT2D eigenvalue weighted by atomic mass is 10.2. The standard InChI is InChI=1S/C13H17BrN2O2/c1-16(2)5-4-6-18-13-10(9-15)7-11(14)8-12(13)17-3/h7-8H,4-6H2,1-3H3. The third-order valence-corrected chi connectivity index (χ3v) is 2.81. The minimum absolute atomic E-state index is 0.478. The molecular weight excluding hydrogens is 296 g/mol. The molecule has 0 spiro atoms. The van der Waals surface area contributed by atoms with E-state index in [-0.39, 0.29) is 0 Å². The van der Waals surface area contributed by atoms with Gasteiger partial charge < -0.3 is 14.4 Å². The molecule has 1 aromatic carbocycles. The van der Waals surface area contributed by atoms with Gasteiger partial charge >= 0.3 is 0 Å². The summed E-state index contributed by atoms with van der Waals surface area (Å²) in [6, 6.07) is 5.64. The van der Waals surface area contributed by atoms with Gasteiger partial charge in [0.1, 0.15) is 6.07 Å². The molecule has 0 aliphatic carbocycles. The third-order valence-electron chi connectivity index (χ3n) is 2.36. The van der Waals surface area contributed by atoms with Crippen molar-refractivity contribution in [3.63, 3.8) is 0 Å². The minimum Gasteiger partial charge on any atom is -0.493 e. The van der Waals surface area contributed by atoms with Gasteiger partial charge in [0.2, 0.25) is 0 Å². The Bertz CT molecular complexity index is 441. The molecular formula is C13H17BrN2O2. The van der Waals surface area contributed by atoms with Crippen LogP contribution in [0.5, 0.6) is 11.5 Å². The lowest BCUT2D eigenvalue weighted by Gasteiger charge is -2.14. The number of ether oxygens (including phenoxy) is 2. The van der Waals surface area contributed by atoms with E-state index >= 15 is 0 Å². The van der Waals surface area contributed by atoms with Gasteiger partial charge in [-0.1, -0.05) is 15.9 Å². The van der Waals surface area contributed by atoms with Gasteiger partial charge in [0.05, 0.1) is 19.3 Å². The van der Waals surface area contributed by atoms with Crippen LogP contribution in [0.15, 0.2) is 16.6 Å². The Kier molecular flexibility index (Phi) is 5.96. The summed E-state index contributed by atoms with van der Waals surface area (Å²) in [5, 5.41) is 9.09. The Morgan fingerprint density at radius 3 is 2.67 bits per heavy atom. The van der Waals surface area contributed by atoms with Gasteiger partial charge in [-0.05, 0) is 32.6 Å². The summed E-state index contributed by atoms with van der Waals surface area (Å²) >= 11 is 3.34. The van der Waals surface area contributed by atoms with Crippen LogP contribution in [0.4, 0.5) is 0 Å². The Balaban J connectivity index is 2.77. The highest BCUT2D eigenvalue weighted by atomic mass is 79.9. The monoisotopic (exact) mass is 312 g/mol. The van der Waals surface area contributed by atoms with Gasteiger partial charge in [0.25, 0.3) is 0 Å². The second kappa shape index (κ2) is 7.24. The highest BCUT2D eigenvalue weighted by molar-refractivity contribution is 9.10. The van der Waals surface area contributed by atoms with Crippen molar-refractivity contribution in [3.8, 4) is 17.6 Å². The fourth-order valence-corrected chi connectivity index (χ4v) is 1.94. The molecule has 0 N–H and O–H groups in total. The highest BCUT2D eigenvalue weighted by Crippen LogP contribution is 2.34. The van der Waals surface area contributed by atoms with E-state index in [1.54, 1.807) is 19.2 Å². The first-order chi connectivity index (χ1) is 8.58. The van der Waals surface area contributed by atoms with E-state index in [2.05, 4.69) is 26.9 Å². The van der Waals surface area contributed by atoms with Crippen molar-refractivity contribution in [3.05, 3.63) is 22.2 Å². The quantitative estimate of drug-likeness (QED) is 0.758. The Morgan fingerprint density at radius 1 is 1.39 bits per heavy atom. The van der Waals surface area contributed by atoms with Crippen molar-refractivity contribution >= 4 is 15.9 Å². The first-order valence-electron chi connectivity index (χ1n) is 5.63. The topological polar surface area (TPSA) is 45.5 Å². The van der Waals surface area contributed by atoms with Crippen molar-refractivity contribution < 1.29 is 9.47 Å². The SMILES string of the molecule is COc1cc(Br)cc(C#N)c1OCCCN(C)C.